The van der Waals surface area contributed by atoms with Gasteiger partial charge in [0, 0.05) is 13.2 Å². The Bertz CT molecular complexity index is 381. The summed E-state index contributed by atoms with van der Waals surface area (Å²) in [7, 11) is 1.60. The van der Waals surface area contributed by atoms with Crippen LogP contribution in [0.2, 0.25) is 0 Å². The van der Waals surface area contributed by atoms with E-state index >= 15 is 0 Å². The summed E-state index contributed by atoms with van der Waals surface area (Å²) in [5, 5.41) is 3.03. The highest BCUT2D eigenvalue weighted by Gasteiger charge is 2.12. The molecule has 0 aliphatic carbocycles. The fourth-order valence-corrected chi connectivity index (χ4v) is 1.31. The predicted octanol–water partition coefficient (Wildman–Crippen LogP) is 0.209. The van der Waals surface area contributed by atoms with Gasteiger partial charge >= 0.3 is 0 Å². The standard InChI is InChI=1S/C10H16N4O2/c1-6(5-16-2)14-10-8(9(12)15)3-7(11)4-13-10/h3-4,6H,5,11H2,1-2H3,(H2,12,15)(H,13,14). The van der Waals surface area contributed by atoms with Crippen LogP contribution in [0.5, 0.6) is 0 Å². The lowest BCUT2D eigenvalue weighted by atomic mass is 10.2. The molecule has 0 saturated carbocycles. The number of aromatic nitrogens is 1. The molecular formula is C10H16N4O2. The summed E-state index contributed by atoms with van der Waals surface area (Å²) in [5.74, 6) is -0.141. The quantitative estimate of drug-likeness (QED) is 0.663. The van der Waals surface area contributed by atoms with Gasteiger partial charge in [0.15, 0.2) is 0 Å². The molecule has 1 heterocycles. The van der Waals surface area contributed by atoms with E-state index in [0.717, 1.165) is 0 Å². The summed E-state index contributed by atoms with van der Waals surface area (Å²) in [5.41, 5.74) is 11.4. The topological polar surface area (TPSA) is 103 Å². The number of methoxy groups -OCH3 is 1. The number of nitrogens with one attached hydrogen (secondary N) is 1. The zero-order valence-corrected chi connectivity index (χ0v) is 9.36. The average Bonchev–Trinajstić information content (AvgIpc) is 2.20. The Labute approximate surface area is 94.0 Å². The van der Waals surface area contributed by atoms with Crippen LogP contribution in [0.25, 0.3) is 0 Å². The number of primary amides is 1. The number of ether oxygens (including phenoxy) is 1. The van der Waals surface area contributed by atoms with Crippen molar-refractivity contribution in [1.82, 2.24) is 4.98 Å². The zero-order chi connectivity index (χ0) is 12.1. The molecule has 0 bridgehead atoms. The third-order valence-corrected chi connectivity index (χ3v) is 1.97. The van der Waals surface area contributed by atoms with Gasteiger partial charge in [-0.3, -0.25) is 4.79 Å². The van der Waals surface area contributed by atoms with Gasteiger partial charge in [-0.25, -0.2) is 4.98 Å². The maximum atomic E-state index is 11.2. The number of nitrogens with zero attached hydrogens (tertiary/aromatic N) is 1. The number of amides is 1. The van der Waals surface area contributed by atoms with E-state index in [9.17, 15) is 4.79 Å². The fraction of sp³-hybridized carbons (Fsp3) is 0.400. The van der Waals surface area contributed by atoms with Gasteiger partial charge in [-0.05, 0) is 13.0 Å². The largest absolute Gasteiger partial charge is 0.397 e. The van der Waals surface area contributed by atoms with Crippen molar-refractivity contribution in [2.75, 3.05) is 24.8 Å². The number of nitrogen functional groups attached to an aromatic ring is 1. The normalized spacial score (nSPS) is 12.1. The first-order valence-electron chi connectivity index (χ1n) is 4.85. The number of pyridine rings is 1. The molecule has 1 unspecified atom stereocenters. The van der Waals surface area contributed by atoms with Gasteiger partial charge in [0.05, 0.1) is 24.1 Å². The predicted molar refractivity (Wildman–Crippen MR) is 62.1 cm³/mol. The van der Waals surface area contributed by atoms with Crippen LogP contribution in [0.1, 0.15) is 17.3 Å². The molecule has 1 aromatic heterocycles. The first-order chi connectivity index (χ1) is 7.54. The number of anilines is 2. The minimum atomic E-state index is -0.563. The van der Waals surface area contributed by atoms with Crippen molar-refractivity contribution in [2.24, 2.45) is 5.73 Å². The van der Waals surface area contributed by atoms with Crippen LogP contribution in [-0.2, 0) is 4.74 Å². The molecular weight excluding hydrogens is 208 g/mol. The van der Waals surface area contributed by atoms with E-state index in [1.807, 2.05) is 6.92 Å². The molecule has 0 aliphatic heterocycles. The Morgan fingerprint density at radius 1 is 1.69 bits per heavy atom. The van der Waals surface area contributed by atoms with Gasteiger partial charge in [-0.1, -0.05) is 0 Å². The second kappa shape index (κ2) is 5.32. The summed E-state index contributed by atoms with van der Waals surface area (Å²) < 4.78 is 4.97. The van der Waals surface area contributed by atoms with E-state index < -0.39 is 5.91 Å². The summed E-state index contributed by atoms with van der Waals surface area (Å²) >= 11 is 0. The molecule has 16 heavy (non-hydrogen) atoms. The van der Waals surface area contributed by atoms with Crippen LogP contribution < -0.4 is 16.8 Å². The maximum Gasteiger partial charge on any atom is 0.252 e. The Morgan fingerprint density at radius 3 is 2.94 bits per heavy atom. The molecule has 0 spiro atoms. The van der Waals surface area contributed by atoms with E-state index in [1.165, 1.54) is 12.3 Å². The number of nitrogens with two attached hydrogens (primary N) is 2. The fourth-order valence-electron chi connectivity index (χ4n) is 1.31. The smallest absolute Gasteiger partial charge is 0.252 e. The summed E-state index contributed by atoms with van der Waals surface area (Å²) in [6.07, 6.45) is 1.47. The van der Waals surface area contributed by atoms with E-state index in [1.54, 1.807) is 7.11 Å². The molecule has 1 amide bonds. The van der Waals surface area contributed by atoms with Crippen LogP contribution in [0, 0.1) is 0 Å². The Kier molecular flexibility index (Phi) is 4.07. The molecule has 6 heteroatoms. The summed E-state index contributed by atoms with van der Waals surface area (Å²) in [6, 6.07) is 1.52. The van der Waals surface area contributed by atoms with Crippen LogP contribution >= 0.6 is 0 Å². The third kappa shape index (κ3) is 3.09. The Hall–Kier alpha value is -1.82. The van der Waals surface area contributed by atoms with E-state index in [0.29, 0.717) is 18.1 Å². The van der Waals surface area contributed by atoms with Gasteiger partial charge in [0.2, 0.25) is 0 Å². The summed E-state index contributed by atoms with van der Waals surface area (Å²) in [6.45, 7) is 2.41. The second-order valence-electron chi connectivity index (χ2n) is 3.53. The molecule has 0 radical (unpaired) electrons. The monoisotopic (exact) mass is 224 g/mol. The molecule has 0 fully saturated rings. The molecule has 0 aromatic carbocycles. The minimum absolute atomic E-state index is 0.0271. The first-order valence-corrected chi connectivity index (χ1v) is 4.85. The lowest BCUT2D eigenvalue weighted by molar-refractivity contribution is 0.100. The van der Waals surface area contributed by atoms with Crippen molar-refractivity contribution >= 4 is 17.4 Å². The molecule has 6 nitrogen and oxygen atoms in total. The Morgan fingerprint density at radius 2 is 2.38 bits per heavy atom. The van der Waals surface area contributed by atoms with Crippen LogP contribution in [0.3, 0.4) is 0 Å². The van der Waals surface area contributed by atoms with Crippen LogP contribution in [0.15, 0.2) is 12.3 Å². The van der Waals surface area contributed by atoms with Crippen LogP contribution in [0.4, 0.5) is 11.5 Å². The van der Waals surface area contributed by atoms with Crippen LogP contribution in [-0.4, -0.2) is 30.6 Å². The van der Waals surface area contributed by atoms with Crippen molar-refractivity contribution in [3.63, 3.8) is 0 Å². The number of hydrogen-bond acceptors (Lipinski definition) is 5. The lowest BCUT2D eigenvalue weighted by Gasteiger charge is -2.15. The second-order valence-corrected chi connectivity index (χ2v) is 3.53. The highest BCUT2D eigenvalue weighted by molar-refractivity contribution is 5.98. The molecule has 1 rings (SSSR count). The zero-order valence-electron chi connectivity index (χ0n) is 9.36. The highest BCUT2D eigenvalue weighted by atomic mass is 16.5. The third-order valence-electron chi connectivity index (χ3n) is 1.97. The van der Waals surface area contributed by atoms with E-state index in [2.05, 4.69) is 10.3 Å². The van der Waals surface area contributed by atoms with E-state index in [-0.39, 0.29) is 11.6 Å². The Balaban J connectivity index is 2.90. The number of rotatable bonds is 5. The summed E-state index contributed by atoms with van der Waals surface area (Å²) in [4.78, 5) is 15.2. The van der Waals surface area contributed by atoms with E-state index in [4.69, 9.17) is 16.2 Å². The molecule has 1 atom stereocenters. The molecule has 0 saturated heterocycles. The molecule has 5 N–H and O–H groups in total. The lowest BCUT2D eigenvalue weighted by Crippen LogP contribution is -2.24. The SMILES string of the molecule is COCC(C)Nc1ncc(N)cc1C(N)=O. The number of hydrogen-bond donors (Lipinski definition) is 3. The molecule has 0 aliphatic rings. The van der Waals surface area contributed by atoms with Crippen molar-refractivity contribution < 1.29 is 9.53 Å². The highest BCUT2D eigenvalue weighted by Crippen LogP contribution is 2.15. The van der Waals surface area contributed by atoms with Gasteiger partial charge in [-0.15, -0.1) is 0 Å². The van der Waals surface area contributed by atoms with Crippen molar-refractivity contribution in [1.29, 1.82) is 0 Å². The van der Waals surface area contributed by atoms with Gasteiger partial charge in [0.1, 0.15) is 5.82 Å². The first kappa shape index (κ1) is 12.3. The molecule has 1 aromatic rings. The van der Waals surface area contributed by atoms with Crippen molar-refractivity contribution in [2.45, 2.75) is 13.0 Å². The molecule has 88 valence electrons. The number of carbonyl (C=O) groups excluding carboxylic acids is 1. The van der Waals surface area contributed by atoms with Gasteiger partial charge < -0.3 is 21.5 Å². The minimum Gasteiger partial charge on any atom is -0.397 e. The van der Waals surface area contributed by atoms with Crippen molar-refractivity contribution in [3.8, 4) is 0 Å². The average molecular weight is 224 g/mol. The van der Waals surface area contributed by atoms with Gasteiger partial charge in [0.25, 0.3) is 5.91 Å². The van der Waals surface area contributed by atoms with Gasteiger partial charge in [-0.2, -0.15) is 0 Å². The van der Waals surface area contributed by atoms with Crippen molar-refractivity contribution in [3.05, 3.63) is 17.8 Å². The number of carbonyl (C=O) groups is 1. The maximum absolute atomic E-state index is 11.2.